The lowest BCUT2D eigenvalue weighted by molar-refractivity contribution is 0.0981. The van der Waals surface area contributed by atoms with Crippen LogP contribution in [0, 0.1) is 5.41 Å². The zero-order valence-electron chi connectivity index (χ0n) is 12.8. The molecule has 1 atom stereocenters. The number of methoxy groups -OCH3 is 1. The van der Waals surface area contributed by atoms with E-state index < -0.39 is 0 Å². The molecule has 2 heterocycles. The third kappa shape index (κ3) is 2.81. The number of aliphatic hydroxyl groups is 1. The minimum absolute atomic E-state index is 0.137. The first-order chi connectivity index (χ1) is 9.98. The van der Waals surface area contributed by atoms with Gasteiger partial charge in [0.25, 0.3) is 0 Å². The van der Waals surface area contributed by atoms with Crippen LogP contribution in [0.5, 0.6) is 5.88 Å². The van der Waals surface area contributed by atoms with E-state index in [0.717, 1.165) is 30.5 Å². The van der Waals surface area contributed by atoms with Crippen LogP contribution in [-0.4, -0.2) is 21.8 Å². The Kier molecular flexibility index (Phi) is 3.49. The van der Waals surface area contributed by atoms with Crippen molar-refractivity contribution in [3.63, 3.8) is 0 Å². The molecule has 2 aromatic rings. The first kappa shape index (κ1) is 14.1. The Bertz CT molecular complexity index is 646. The van der Waals surface area contributed by atoms with Crippen molar-refractivity contribution in [3.05, 3.63) is 47.4 Å². The molecule has 0 aliphatic heterocycles. The summed E-state index contributed by atoms with van der Waals surface area (Å²) in [6.45, 7) is 5.20. The number of hydrogen-bond acceptors (Lipinski definition) is 3. The Hall–Kier alpha value is -1.81. The Morgan fingerprint density at radius 2 is 2.24 bits per heavy atom. The van der Waals surface area contributed by atoms with E-state index in [-0.39, 0.29) is 11.5 Å². The summed E-state index contributed by atoms with van der Waals surface area (Å²) in [7, 11) is 1.63. The molecule has 0 saturated carbocycles. The second-order valence-corrected chi connectivity index (χ2v) is 6.61. The average molecular weight is 286 g/mol. The van der Waals surface area contributed by atoms with Crippen molar-refractivity contribution in [1.29, 1.82) is 0 Å². The molecular weight excluding hydrogens is 264 g/mol. The van der Waals surface area contributed by atoms with E-state index in [9.17, 15) is 5.11 Å². The number of rotatable bonds is 3. The number of hydrogen-bond donors (Lipinski definition) is 1. The molecule has 1 N–H and O–H groups in total. The van der Waals surface area contributed by atoms with E-state index in [0.29, 0.717) is 5.88 Å². The minimum Gasteiger partial charge on any atom is -0.481 e. The molecule has 21 heavy (non-hydrogen) atoms. The van der Waals surface area contributed by atoms with Crippen molar-refractivity contribution in [2.24, 2.45) is 5.41 Å². The highest BCUT2D eigenvalue weighted by molar-refractivity contribution is 5.31. The molecule has 0 amide bonds. The van der Waals surface area contributed by atoms with Gasteiger partial charge in [-0.3, -0.25) is 0 Å². The molecule has 0 aromatic carbocycles. The summed E-state index contributed by atoms with van der Waals surface area (Å²) in [5.41, 5.74) is 3.61. The topological polar surface area (TPSA) is 47.3 Å². The van der Waals surface area contributed by atoms with Gasteiger partial charge < -0.3 is 14.4 Å². The zero-order chi connectivity index (χ0) is 15.0. The second kappa shape index (κ2) is 5.19. The number of aromatic nitrogens is 2. The van der Waals surface area contributed by atoms with Gasteiger partial charge in [-0.15, -0.1) is 0 Å². The number of nitrogens with zero attached hydrogens (tertiary/aromatic N) is 2. The quantitative estimate of drug-likeness (QED) is 0.943. The molecule has 1 aliphatic carbocycles. The predicted octanol–water partition coefficient (Wildman–Crippen LogP) is 2.95. The summed E-state index contributed by atoms with van der Waals surface area (Å²) in [6, 6.07) is 6.00. The van der Waals surface area contributed by atoms with Gasteiger partial charge in [-0.2, -0.15) is 0 Å². The summed E-state index contributed by atoms with van der Waals surface area (Å²) in [6.07, 6.45) is 5.31. The van der Waals surface area contributed by atoms with Crippen LogP contribution in [0.2, 0.25) is 0 Å². The van der Waals surface area contributed by atoms with Gasteiger partial charge in [-0.1, -0.05) is 13.8 Å². The van der Waals surface area contributed by atoms with E-state index in [2.05, 4.69) is 29.6 Å². The van der Waals surface area contributed by atoms with E-state index in [1.807, 2.05) is 18.2 Å². The van der Waals surface area contributed by atoms with Gasteiger partial charge in [-0.05, 0) is 36.0 Å². The number of fused-ring (bicyclic) bond motifs is 1. The Balaban J connectivity index is 1.91. The molecule has 3 rings (SSSR count). The van der Waals surface area contributed by atoms with Crippen LogP contribution in [0.3, 0.4) is 0 Å². The summed E-state index contributed by atoms with van der Waals surface area (Å²) < 4.78 is 7.41. The normalized spacial score (nSPS) is 20.1. The smallest absolute Gasteiger partial charge is 0.213 e. The number of ether oxygens (including phenoxy) is 1. The van der Waals surface area contributed by atoms with Crippen LogP contribution in [-0.2, 0) is 13.0 Å². The van der Waals surface area contributed by atoms with Gasteiger partial charge in [0.15, 0.2) is 0 Å². The maximum atomic E-state index is 10.3. The SMILES string of the molecule is COc1cc(Cn2ccc3c2CC(C)(C)CC3O)ccn1. The zero-order valence-corrected chi connectivity index (χ0v) is 12.8. The molecule has 2 aromatic heterocycles. The monoisotopic (exact) mass is 286 g/mol. The lowest BCUT2D eigenvalue weighted by atomic mass is 9.75. The molecule has 0 fully saturated rings. The fourth-order valence-corrected chi connectivity index (χ4v) is 3.19. The Morgan fingerprint density at radius 1 is 1.43 bits per heavy atom. The highest BCUT2D eigenvalue weighted by Crippen LogP contribution is 2.41. The highest BCUT2D eigenvalue weighted by Gasteiger charge is 2.33. The minimum atomic E-state index is -0.350. The average Bonchev–Trinajstić information content (AvgIpc) is 2.81. The van der Waals surface area contributed by atoms with Gasteiger partial charge in [0.05, 0.1) is 13.2 Å². The second-order valence-electron chi connectivity index (χ2n) is 6.61. The van der Waals surface area contributed by atoms with Crippen LogP contribution >= 0.6 is 0 Å². The third-order valence-electron chi connectivity index (χ3n) is 4.23. The third-order valence-corrected chi connectivity index (χ3v) is 4.23. The molecule has 1 aliphatic rings. The van der Waals surface area contributed by atoms with Crippen molar-refractivity contribution in [3.8, 4) is 5.88 Å². The number of pyridine rings is 1. The van der Waals surface area contributed by atoms with Crippen molar-refractivity contribution < 1.29 is 9.84 Å². The highest BCUT2D eigenvalue weighted by atomic mass is 16.5. The molecular formula is C17H22N2O2. The lowest BCUT2D eigenvalue weighted by Crippen LogP contribution is -2.26. The van der Waals surface area contributed by atoms with Crippen LogP contribution in [0.1, 0.15) is 43.2 Å². The molecule has 0 radical (unpaired) electrons. The van der Waals surface area contributed by atoms with Gasteiger partial charge in [0, 0.05) is 36.3 Å². The molecule has 4 nitrogen and oxygen atoms in total. The van der Waals surface area contributed by atoms with Crippen LogP contribution < -0.4 is 4.74 Å². The summed E-state index contributed by atoms with van der Waals surface area (Å²) >= 11 is 0. The van der Waals surface area contributed by atoms with E-state index >= 15 is 0 Å². The maximum absolute atomic E-state index is 10.3. The largest absolute Gasteiger partial charge is 0.481 e. The van der Waals surface area contributed by atoms with Crippen molar-refractivity contribution in [2.75, 3.05) is 7.11 Å². The molecule has 0 bridgehead atoms. The summed E-state index contributed by atoms with van der Waals surface area (Å²) in [5, 5.41) is 10.3. The molecule has 1 unspecified atom stereocenters. The molecule has 112 valence electrons. The Labute approximate surface area is 125 Å². The van der Waals surface area contributed by atoms with E-state index in [1.165, 1.54) is 5.69 Å². The lowest BCUT2D eigenvalue weighted by Gasteiger charge is -2.34. The first-order valence-corrected chi connectivity index (χ1v) is 7.33. The van der Waals surface area contributed by atoms with Crippen LogP contribution in [0.4, 0.5) is 0 Å². The van der Waals surface area contributed by atoms with Crippen molar-refractivity contribution in [2.45, 2.75) is 39.3 Å². The fourth-order valence-electron chi connectivity index (χ4n) is 3.19. The molecule has 0 spiro atoms. The molecule has 0 saturated heterocycles. The Morgan fingerprint density at radius 3 is 3.00 bits per heavy atom. The standard InChI is InChI=1S/C17H22N2O2/c1-17(2)9-14-13(15(20)10-17)5-7-19(14)11-12-4-6-18-16(8-12)21-3/h4-8,15,20H,9-11H2,1-3H3. The predicted molar refractivity (Wildman–Crippen MR) is 81.4 cm³/mol. The van der Waals surface area contributed by atoms with E-state index in [1.54, 1.807) is 13.3 Å². The summed E-state index contributed by atoms with van der Waals surface area (Å²) in [5.74, 6) is 0.633. The number of aliphatic hydroxyl groups excluding tert-OH is 1. The van der Waals surface area contributed by atoms with Crippen LogP contribution in [0.25, 0.3) is 0 Å². The van der Waals surface area contributed by atoms with Gasteiger partial charge in [0.1, 0.15) is 0 Å². The van der Waals surface area contributed by atoms with Gasteiger partial charge in [0.2, 0.25) is 5.88 Å². The van der Waals surface area contributed by atoms with E-state index in [4.69, 9.17) is 4.74 Å². The van der Waals surface area contributed by atoms with Gasteiger partial charge >= 0.3 is 0 Å². The first-order valence-electron chi connectivity index (χ1n) is 7.33. The maximum Gasteiger partial charge on any atom is 0.213 e. The van der Waals surface area contributed by atoms with Gasteiger partial charge in [-0.25, -0.2) is 4.98 Å². The summed E-state index contributed by atoms with van der Waals surface area (Å²) in [4.78, 5) is 4.14. The van der Waals surface area contributed by atoms with Crippen molar-refractivity contribution >= 4 is 0 Å². The molecule has 4 heteroatoms. The van der Waals surface area contributed by atoms with Crippen LogP contribution in [0.15, 0.2) is 30.6 Å². The van der Waals surface area contributed by atoms with Crippen molar-refractivity contribution in [1.82, 2.24) is 9.55 Å². The fraction of sp³-hybridized carbons (Fsp3) is 0.471.